The van der Waals surface area contributed by atoms with Crippen molar-refractivity contribution >= 4 is 22.8 Å². The van der Waals surface area contributed by atoms with Gasteiger partial charge < -0.3 is 10.2 Å². The first-order valence-corrected chi connectivity index (χ1v) is 11.2. The first-order chi connectivity index (χ1) is 15.1. The van der Waals surface area contributed by atoms with Crippen LogP contribution in [0.4, 0.5) is 5.82 Å². The van der Waals surface area contributed by atoms with E-state index in [4.69, 9.17) is 4.98 Å². The number of hydrogen-bond acceptors (Lipinski definition) is 4. The Labute approximate surface area is 181 Å². The summed E-state index contributed by atoms with van der Waals surface area (Å²) < 4.78 is 1.83. The van der Waals surface area contributed by atoms with Crippen molar-refractivity contribution < 1.29 is 4.79 Å². The summed E-state index contributed by atoms with van der Waals surface area (Å²) in [4.78, 5) is 32.7. The third kappa shape index (κ3) is 4.20. The van der Waals surface area contributed by atoms with Crippen LogP contribution in [0.2, 0.25) is 0 Å². The van der Waals surface area contributed by atoms with Crippen molar-refractivity contribution in [2.75, 3.05) is 18.0 Å². The zero-order valence-electron chi connectivity index (χ0n) is 17.9. The summed E-state index contributed by atoms with van der Waals surface area (Å²) in [5.41, 5.74) is 3.88. The maximum atomic E-state index is 13.5. The summed E-state index contributed by atoms with van der Waals surface area (Å²) in [6, 6.07) is 16.5. The molecule has 0 spiro atoms. The Balaban J connectivity index is 1.42. The van der Waals surface area contributed by atoms with Crippen LogP contribution in [0.15, 0.2) is 53.3 Å². The van der Waals surface area contributed by atoms with Crippen LogP contribution in [0.3, 0.4) is 0 Å². The fourth-order valence-corrected chi connectivity index (χ4v) is 4.32. The molecule has 5 rings (SSSR count). The lowest BCUT2D eigenvalue weighted by atomic mass is 9.96. The first-order valence-electron chi connectivity index (χ1n) is 11.2. The van der Waals surface area contributed by atoms with Crippen LogP contribution in [-0.4, -0.2) is 34.6 Å². The van der Waals surface area contributed by atoms with E-state index in [1.54, 1.807) is 0 Å². The zero-order chi connectivity index (χ0) is 21.4. The molecule has 2 heterocycles. The van der Waals surface area contributed by atoms with Crippen LogP contribution in [0.1, 0.15) is 36.8 Å². The van der Waals surface area contributed by atoms with Gasteiger partial charge in [0.2, 0.25) is 5.91 Å². The molecule has 160 valence electrons. The Morgan fingerprint density at radius 3 is 2.45 bits per heavy atom. The van der Waals surface area contributed by atoms with E-state index in [1.807, 2.05) is 28.8 Å². The van der Waals surface area contributed by atoms with Crippen LogP contribution < -0.4 is 15.8 Å². The molecule has 2 aromatic carbocycles. The van der Waals surface area contributed by atoms with E-state index in [9.17, 15) is 9.59 Å². The summed E-state index contributed by atoms with van der Waals surface area (Å²) in [5.74, 6) is 0.698. The van der Waals surface area contributed by atoms with E-state index in [1.165, 1.54) is 5.56 Å². The minimum Gasteiger partial charge on any atom is -0.353 e. The number of nitrogens with zero attached hydrogens (tertiary/aromatic N) is 3. The molecule has 1 aromatic heterocycles. The van der Waals surface area contributed by atoms with Gasteiger partial charge in [0.1, 0.15) is 0 Å². The highest BCUT2D eigenvalue weighted by Crippen LogP contribution is 2.25. The predicted molar refractivity (Wildman–Crippen MR) is 122 cm³/mol. The molecule has 2 fully saturated rings. The van der Waals surface area contributed by atoms with Gasteiger partial charge in [-0.3, -0.25) is 14.2 Å². The van der Waals surface area contributed by atoms with Gasteiger partial charge in [0.15, 0.2) is 5.82 Å². The molecule has 0 unspecified atom stereocenters. The lowest BCUT2D eigenvalue weighted by Crippen LogP contribution is -2.43. The highest BCUT2D eigenvalue weighted by molar-refractivity contribution is 5.80. The first kappa shape index (κ1) is 19.8. The Morgan fingerprint density at radius 2 is 1.74 bits per heavy atom. The number of rotatable bonds is 5. The van der Waals surface area contributed by atoms with Gasteiger partial charge in [-0.1, -0.05) is 42.0 Å². The number of aryl methyl sites for hydroxylation is 1. The Bertz CT molecular complexity index is 1160. The third-order valence-electron chi connectivity index (χ3n) is 6.39. The van der Waals surface area contributed by atoms with E-state index in [0.29, 0.717) is 31.5 Å². The fourth-order valence-electron chi connectivity index (χ4n) is 4.32. The molecule has 1 amide bonds. The highest BCUT2D eigenvalue weighted by Gasteiger charge is 2.31. The number of benzene rings is 2. The average molecular weight is 417 g/mol. The lowest BCUT2D eigenvalue weighted by molar-refractivity contribution is -0.125. The summed E-state index contributed by atoms with van der Waals surface area (Å²) >= 11 is 0. The second kappa shape index (κ2) is 8.17. The molecule has 3 aromatic rings. The molecule has 0 atom stereocenters. The van der Waals surface area contributed by atoms with Gasteiger partial charge in [0.25, 0.3) is 5.56 Å². The molecule has 0 bridgehead atoms. The fraction of sp³-hybridized carbons (Fsp3) is 0.400. The van der Waals surface area contributed by atoms with E-state index in [-0.39, 0.29) is 17.4 Å². The van der Waals surface area contributed by atoms with Gasteiger partial charge in [-0.05, 0) is 50.3 Å². The smallest absolute Gasteiger partial charge is 0.294 e. The van der Waals surface area contributed by atoms with Crippen LogP contribution in [-0.2, 0) is 11.3 Å². The second-order valence-corrected chi connectivity index (χ2v) is 8.85. The largest absolute Gasteiger partial charge is 0.353 e. The number of para-hydroxylation sites is 2. The molecular weight excluding hydrogens is 388 g/mol. The average Bonchev–Trinajstić information content (AvgIpc) is 3.61. The van der Waals surface area contributed by atoms with Gasteiger partial charge in [0.05, 0.1) is 17.6 Å². The molecular formula is C25H28N4O2. The summed E-state index contributed by atoms with van der Waals surface area (Å²) in [5, 5.41) is 3.12. The molecule has 1 saturated carbocycles. The molecule has 0 radical (unpaired) electrons. The molecule has 6 heteroatoms. The number of aromatic nitrogens is 2. The molecule has 31 heavy (non-hydrogen) atoms. The summed E-state index contributed by atoms with van der Waals surface area (Å²) in [6.45, 7) is 3.92. The van der Waals surface area contributed by atoms with Crippen molar-refractivity contribution in [2.24, 2.45) is 5.92 Å². The van der Waals surface area contributed by atoms with Crippen LogP contribution in [0, 0.1) is 12.8 Å². The van der Waals surface area contributed by atoms with Crippen LogP contribution in [0.5, 0.6) is 0 Å². The van der Waals surface area contributed by atoms with Crippen LogP contribution >= 0.6 is 0 Å². The number of fused-ring (bicyclic) bond motifs is 1. The molecule has 2 aliphatic rings. The lowest BCUT2D eigenvalue weighted by Gasteiger charge is -2.32. The van der Waals surface area contributed by atoms with Crippen molar-refractivity contribution in [2.45, 2.75) is 45.2 Å². The van der Waals surface area contributed by atoms with Crippen molar-refractivity contribution in [1.82, 2.24) is 14.9 Å². The monoisotopic (exact) mass is 416 g/mol. The van der Waals surface area contributed by atoms with E-state index in [2.05, 4.69) is 41.4 Å². The SMILES string of the molecule is Cc1ccc(Cn2c(=O)c(N3CCC(C(=O)NC4CC4)CC3)nc3ccccc32)cc1. The van der Waals surface area contributed by atoms with Gasteiger partial charge in [-0.2, -0.15) is 0 Å². The summed E-state index contributed by atoms with van der Waals surface area (Å²) in [7, 11) is 0. The van der Waals surface area contributed by atoms with Crippen molar-refractivity contribution in [3.05, 3.63) is 70.0 Å². The normalized spacial score (nSPS) is 17.1. The maximum absolute atomic E-state index is 13.5. The van der Waals surface area contributed by atoms with Gasteiger partial charge >= 0.3 is 0 Å². The number of hydrogen-bond donors (Lipinski definition) is 1. The van der Waals surface area contributed by atoms with E-state index in [0.717, 1.165) is 42.3 Å². The zero-order valence-corrected chi connectivity index (χ0v) is 17.9. The minimum atomic E-state index is -0.0693. The Morgan fingerprint density at radius 1 is 1.03 bits per heavy atom. The number of anilines is 1. The Hall–Kier alpha value is -3.15. The highest BCUT2D eigenvalue weighted by atomic mass is 16.2. The van der Waals surface area contributed by atoms with Gasteiger partial charge in [0, 0.05) is 25.0 Å². The van der Waals surface area contributed by atoms with E-state index >= 15 is 0 Å². The predicted octanol–water partition coefficient (Wildman–Crippen LogP) is 3.25. The number of nitrogens with one attached hydrogen (secondary N) is 1. The minimum absolute atomic E-state index is 0.0343. The third-order valence-corrected chi connectivity index (χ3v) is 6.39. The number of amides is 1. The van der Waals surface area contributed by atoms with Gasteiger partial charge in [-0.15, -0.1) is 0 Å². The number of piperidine rings is 1. The molecule has 1 aliphatic carbocycles. The quantitative estimate of drug-likeness (QED) is 0.693. The summed E-state index contributed by atoms with van der Waals surface area (Å²) in [6.07, 6.45) is 3.72. The molecule has 1 N–H and O–H groups in total. The van der Waals surface area contributed by atoms with Crippen molar-refractivity contribution in [3.63, 3.8) is 0 Å². The molecule has 1 aliphatic heterocycles. The van der Waals surface area contributed by atoms with Crippen molar-refractivity contribution in [3.8, 4) is 0 Å². The standard InChI is InChI=1S/C25H28N4O2/c1-17-6-8-18(9-7-17)16-29-22-5-3-2-4-21(22)27-23(25(29)31)28-14-12-19(13-15-28)24(30)26-20-10-11-20/h2-9,19-20H,10-16H2,1H3,(H,26,30). The molecule has 1 saturated heterocycles. The molecule has 6 nitrogen and oxygen atoms in total. The second-order valence-electron chi connectivity index (χ2n) is 8.85. The maximum Gasteiger partial charge on any atom is 0.294 e. The van der Waals surface area contributed by atoms with Crippen LogP contribution in [0.25, 0.3) is 11.0 Å². The van der Waals surface area contributed by atoms with Gasteiger partial charge in [-0.25, -0.2) is 4.98 Å². The van der Waals surface area contributed by atoms with Crippen molar-refractivity contribution in [1.29, 1.82) is 0 Å². The Kier molecular flexibility index (Phi) is 5.22. The topological polar surface area (TPSA) is 67.2 Å². The number of carbonyl (C=O) groups is 1. The van der Waals surface area contributed by atoms with E-state index < -0.39 is 0 Å². The number of carbonyl (C=O) groups excluding carboxylic acids is 1.